The fourth-order valence-electron chi connectivity index (χ4n) is 1.00. The van der Waals surface area contributed by atoms with Crippen molar-refractivity contribution in [2.24, 2.45) is 0 Å². The van der Waals surface area contributed by atoms with E-state index in [2.05, 4.69) is 0 Å². The fraction of sp³-hybridized carbons (Fsp3) is 0.222. The molecule has 0 saturated carbocycles. The van der Waals surface area contributed by atoms with E-state index in [1.54, 1.807) is 12.1 Å². The van der Waals surface area contributed by atoms with E-state index in [-0.39, 0.29) is 12.3 Å². The normalized spacial score (nSPS) is 9.42. The largest absolute Gasteiger partial charge is 0.307 e. The van der Waals surface area contributed by atoms with Crippen molar-refractivity contribution in [3.8, 4) is 0 Å². The van der Waals surface area contributed by atoms with E-state index >= 15 is 0 Å². The maximum absolute atomic E-state index is 11.5. The van der Waals surface area contributed by atoms with Gasteiger partial charge in [-0.15, -0.1) is 0 Å². The Morgan fingerprint density at radius 2 is 2.00 bits per heavy atom. The van der Waals surface area contributed by atoms with E-state index < -0.39 is 0 Å². The van der Waals surface area contributed by atoms with Crippen LogP contribution in [0.2, 0.25) is 6.32 Å². The van der Waals surface area contributed by atoms with Gasteiger partial charge in [-0.1, -0.05) is 43.6 Å². The van der Waals surface area contributed by atoms with Crippen LogP contribution in [0.4, 0.5) is 0 Å². The minimum Gasteiger partial charge on any atom is -0.307 e. The Labute approximate surface area is 74.6 Å². The number of hydrogen-bond donors (Lipinski definition) is 0. The highest BCUT2D eigenvalue weighted by molar-refractivity contribution is 7.22. The molecule has 0 aliphatic carbocycles. The fourth-order valence-corrected chi connectivity index (χ4v) is 1.00. The highest BCUT2D eigenvalue weighted by Gasteiger charge is 2.14. The Hall–Kier alpha value is -0.980. The third kappa shape index (κ3) is 2.00. The van der Waals surface area contributed by atoms with Gasteiger partial charge in [-0.3, -0.25) is 0 Å². The van der Waals surface area contributed by atoms with Crippen LogP contribution in [0.3, 0.4) is 0 Å². The monoisotopic (exact) mass is 156 g/mol. The first-order valence-corrected chi connectivity index (χ1v) is 4.10. The molecular formula is C9H10B2O. The van der Waals surface area contributed by atoms with Crippen molar-refractivity contribution in [2.45, 2.75) is 13.2 Å². The van der Waals surface area contributed by atoms with Gasteiger partial charge in [0.2, 0.25) is 0 Å². The lowest BCUT2D eigenvalue weighted by Gasteiger charge is -2.03. The molecule has 0 saturated heterocycles. The molecule has 0 aliphatic heterocycles. The van der Waals surface area contributed by atoms with Crippen LogP contribution in [0.5, 0.6) is 0 Å². The van der Waals surface area contributed by atoms with E-state index in [1.165, 1.54) is 0 Å². The summed E-state index contributed by atoms with van der Waals surface area (Å²) in [6.45, 7) is 1.55. The molecule has 0 aromatic heterocycles. The molecule has 0 aliphatic rings. The number of carbonyl (C=O) groups excluding carboxylic acids is 1. The second-order valence-electron chi connectivity index (χ2n) is 2.75. The van der Waals surface area contributed by atoms with Crippen LogP contribution in [-0.4, -0.2) is 20.0 Å². The van der Waals surface area contributed by atoms with Crippen molar-refractivity contribution in [1.82, 2.24) is 0 Å². The Kier molecular flexibility index (Phi) is 3.15. The lowest BCUT2D eigenvalue weighted by molar-refractivity contribution is 0.107. The van der Waals surface area contributed by atoms with Crippen molar-refractivity contribution in [2.75, 3.05) is 0 Å². The van der Waals surface area contributed by atoms with Crippen LogP contribution in [-0.2, 0) is 0 Å². The molecule has 2 radical (unpaired) electrons. The third-order valence-electron chi connectivity index (χ3n) is 1.83. The van der Waals surface area contributed by atoms with Gasteiger partial charge in [0, 0.05) is 13.3 Å². The predicted octanol–water partition coefficient (Wildman–Crippen LogP) is 1.59. The van der Waals surface area contributed by atoms with Crippen LogP contribution in [0, 0.1) is 0 Å². The molecule has 1 rings (SSSR count). The minimum absolute atomic E-state index is 0.0260. The highest BCUT2D eigenvalue weighted by atomic mass is 16.1. The molecule has 58 valence electrons. The average Bonchev–Trinajstić information content (AvgIpc) is 2.17. The van der Waals surface area contributed by atoms with Crippen LogP contribution >= 0.6 is 0 Å². The summed E-state index contributed by atoms with van der Waals surface area (Å²) in [7, 11) is 5.60. The zero-order valence-electron chi connectivity index (χ0n) is 7.16. The van der Waals surface area contributed by atoms with Crippen LogP contribution in [0.15, 0.2) is 30.3 Å². The smallest absolute Gasteiger partial charge is 0.179 e. The van der Waals surface area contributed by atoms with Crippen molar-refractivity contribution >= 4 is 20.0 Å². The maximum Gasteiger partial charge on any atom is 0.179 e. The first kappa shape index (κ1) is 9.11. The topological polar surface area (TPSA) is 17.1 Å². The molecular weight excluding hydrogens is 146 g/mol. The summed E-state index contributed by atoms with van der Waals surface area (Å²) < 4.78 is 0. The average molecular weight is 156 g/mol. The Morgan fingerprint density at radius 1 is 1.42 bits per heavy atom. The molecule has 0 spiro atoms. The van der Waals surface area contributed by atoms with E-state index in [9.17, 15) is 4.79 Å². The van der Waals surface area contributed by atoms with Crippen molar-refractivity contribution in [3.05, 3.63) is 35.9 Å². The molecule has 0 bridgehead atoms. The second kappa shape index (κ2) is 4.15. The van der Waals surface area contributed by atoms with Gasteiger partial charge < -0.3 is 4.79 Å². The molecule has 0 N–H and O–H groups in total. The van der Waals surface area contributed by atoms with Crippen LogP contribution < -0.4 is 0 Å². The van der Waals surface area contributed by atoms with Gasteiger partial charge in [-0.2, -0.15) is 0 Å². The van der Waals surface area contributed by atoms with Gasteiger partial charge in [0.1, 0.15) is 5.68 Å². The number of rotatable bonds is 3. The maximum atomic E-state index is 11.5. The number of carbonyl (C=O) groups is 1. The summed E-state index contributed by atoms with van der Waals surface area (Å²) in [6, 6.07) is 9.15. The lowest BCUT2D eigenvalue weighted by Crippen LogP contribution is -2.25. The van der Waals surface area contributed by atoms with Gasteiger partial charge in [-0.05, 0) is 0 Å². The highest BCUT2D eigenvalue weighted by Crippen LogP contribution is 2.02. The van der Waals surface area contributed by atoms with Crippen LogP contribution in [0.25, 0.3) is 0 Å². The van der Waals surface area contributed by atoms with Crippen molar-refractivity contribution in [1.29, 1.82) is 0 Å². The minimum atomic E-state index is -0.354. The van der Waals surface area contributed by atoms with Crippen molar-refractivity contribution in [3.63, 3.8) is 0 Å². The first-order valence-electron chi connectivity index (χ1n) is 4.10. The molecule has 3 heteroatoms. The molecule has 0 atom stereocenters. The summed E-state index contributed by atoms with van der Waals surface area (Å²) in [5.41, 5.74) is 0.727. The molecule has 1 nitrogen and oxygen atoms in total. The summed E-state index contributed by atoms with van der Waals surface area (Å²) in [5.74, 6) is 0. The summed E-state index contributed by atoms with van der Waals surface area (Å²) in [6.07, 6.45) is 0.688. The molecule has 0 amide bonds. The van der Waals surface area contributed by atoms with E-state index in [4.69, 9.17) is 7.74 Å². The zero-order valence-corrected chi connectivity index (χ0v) is 7.16. The Morgan fingerprint density at radius 3 is 2.50 bits per heavy atom. The Bertz CT molecular complexity index is 258. The summed E-state index contributed by atoms with van der Waals surface area (Å²) in [4.78, 5) is 11.5. The predicted molar refractivity (Wildman–Crippen MR) is 52.8 cm³/mol. The number of benzene rings is 1. The molecule has 12 heavy (non-hydrogen) atoms. The second-order valence-corrected chi connectivity index (χ2v) is 2.75. The first-order chi connectivity index (χ1) is 5.75. The summed E-state index contributed by atoms with van der Waals surface area (Å²) in [5, 5.41) is 0. The summed E-state index contributed by atoms with van der Waals surface area (Å²) >= 11 is 0. The quantitative estimate of drug-likeness (QED) is 0.607. The SMILES string of the molecule is [B]B(CC)C(=O)c1ccccc1. The van der Waals surface area contributed by atoms with Crippen LogP contribution in [0.1, 0.15) is 17.3 Å². The zero-order chi connectivity index (χ0) is 8.97. The molecule has 0 unspecified atom stereocenters. The molecule has 1 aromatic carbocycles. The van der Waals surface area contributed by atoms with Gasteiger partial charge in [0.25, 0.3) is 0 Å². The molecule has 1 aromatic rings. The van der Waals surface area contributed by atoms with E-state index in [0.717, 1.165) is 0 Å². The standard InChI is InChI=1S/C9H10B2O/c1-2-11(10)9(12)8-6-4-3-5-7-8/h3-7H,2H2,1H3. The molecule has 0 heterocycles. The van der Waals surface area contributed by atoms with Crippen molar-refractivity contribution < 1.29 is 4.79 Å². The number of hydrogen-bond acceptors (Lipinski definition) is 1. The van der Waals surface area contributed by atoms with Gasteiger partial charge >= 0.3 is 0 Å². The lowest BCUT2D eigenvalue weighted by atomic mass is 9.28. The van der Waals surface area contributed by atoms with Gasteiger partial charge in [-0.25, -0.2) is 0 Å². The molecule has 0 fully saturated rings. The van der Waals surface area contributed by atoms with Gasteiger partial charge in [0.15, 0.2) is 6.60 Å². The van der Waals surface area contributed by atoms with E-state index in [1.807, 2.05) is 25.1 Å². The Balaban J connectivity index is 2.79. The third-order valence-corrected chi connectivity index (χ3v) is 1.83. The van der Waals surface area contributed by atoms with E-state index in [0.29, 0.717) is 11.9 Å². The van der Waals surface area contributed by atoms with Gasteiger partial charge in [0.05, 0.1) is 0 Å².